The van der Waals surface area contributed by atoms with Crippen molar-refractivity contribution >= 4 is 15.9 Å². The SMILES string of the molecule is Cc1ccc(CNC(=O)c2cc(S(=O)(=O)N(C)C)ccc2C)cc1F. The number of nitrogens with zero attached hydrogens (tertiary/aromatic N) is 1. The van der Waals surface area contributed by atoms with Crippen molar-refractivity contribution in [2.24, 2.45) is 0 Å². The molecule has 1 amide bonds. The molecule has 0 aromatic heterocycles. The molecule has 0 spiro atoms. The molecule has 0 saturated carbocycles. The zero-order valence-corrected chi connectivity index (χ0v) is 15.4. The molecule has 5 nitrogen and oxygen atoms in total. The second-order valence-electron chi connectivity index (χ2n) is 6.03. The van der Waals surface area contributed by atoms with E-state index in [0.717, 1.165) is 4.31 Å². The molecule has 2 aromatic rings. The highest BCUT2D eigenvalue weighted by atomic mass is 32.2. The second kappa shape index (κ2) is 7.33. The first-order valence-electron chi connectivity index (χ1n) is 7.69. The summed E-state index contributed by atoms with van der Waals surface area (Å²) in [5, 5.41) is 2.70. The van der Waals surface area contributed by atoms with E-state index < -0.39 is 15.9 Å². The Morgan fingerprint density at radius 3 is 2.32 bits per heavy atom. The van der Waals surface area contributed by atoms with Gasteiger partial charge < -0.3 is 5.32 Å². The maximum atomic E-state index is 13.6. The summed E-state index contributed by atoms with van der Waals surface area (Å²) < 4.78 is 39.1. The van der Waals surface area contributed by atoms with Crippen molar-refractivity contribution in [1.82, 2.24) is 9.62 Å². The Hall–Kier alpha value is -2.25. The first-order valence-corrected chi connectivity index (χ1v) is 9.13. The Morgan fingerprint density at radius 2 is 1.72 bits per heavy atom. The van der Waals surface area contributed by atoms with Crippen LogP contribution in [0.5, 0.6) is 0 Å². The van der Waals surface area contributed by atoms with Crippen LogP contribution in [0.4, 0.5) is 4.39 Å². The topological polar surface area (TPSA) is 66.5 Å². The molecule has 0 bridgehead atoms. The fourth-order valence-corrected chi connectivity index (χ4v) is 3.17. The summed E-state index contributed by atoms with van der Waals surface area (Å²) in [7, 11) is -0.761. The molecule has 0 aliphatic carbocycles. The number of benzene rings is 2. The number of nitrogens with one attached hydrogen (secondary N) is 1. The highest BCUT2D eigenvalue weighted by molar-refractivity contribution is 7.89. The standard InChI is InChI=1S/C18H21FN2O3S/c1-12-6-8-15(25(23,24)21(3)4)10-16(12)18(22)20-11-14-7-5-13(2)17(19)9-14/h5-10H,11H2,1-4H3,(H,20,22). The van der Waals surface area contributed by atoms with Crippen LogP contribution in [0, 0.1) is 19.7 Å². The molecule has 0 aliphatic heterocycles. The Morgan fingerprint density at radius 1 is 1.08 bits per heavy atom. The number of carbonyl (C=O) groups excluding carboxylic acids is 1. The fraction of sp³-hybridized carbons (Fsp3) is 0.278. The van der Waals surface area contributed by atoms with Gasteiger partial charge in [-0.3, -0.25) is 4.79 Å². The van der Waals surface area contributed by atoms with E-state index in [-0.39, 0.29) is 22.8 Å². The number of sulfonamides is 1. The molecule has 2 aromatic carbocycles. The van der Waals surface area contributed by atoms with Crippen LogP contribution in [0.25, 0.3) is 0 Å². The molecule has 134 valence electrons. The van der Waals surface area contributed by atoms with Gasteiger partial charge in [0.1, 0.15) is 5.82 Å². The molecular formula is C18H21FN2O3S. The zero-order valence-electron chi connectivity index (χ0n) is 14.6. The third-order valence-electron chi connectivity index (χ3n) is 3.92. The molecule has 1 N–H and O–H groups in total. The van der Waals surface area contributed by atoms with E-state index in [1.807, 2.05) is 0 Å². The Bertz CT molecular complexity index is 909. The monoisotopic (exact) mass is 364 g/mol. The smallest absolute Gasteiger partial charge is 0.251 e. The van der Waals surface area contributed by atoms with Crippen molar-refractivity contribution in [3.8, 4) is 0 Å². The van der Waals surface area contributed by atoms with E-state index in [1.54, 1.807) is 32.0 Å². The van der Waals surface area contributed by atoms with Gasteiger partial charge >= 0.3 is 0 Å². The van der Waals surface area contributed by atoms with Crippen molar-refractivity contribution in [3.63, 3.8) is 0 Å². The summed E-state index contributed by atoms with van der Waals surface area (Å²) >= 11 is 0. The third kappa shape index (κ3) is 4.24. The molecule has 0 atom stereocenters. The van der Waals surface area contributed by atoms with E-state index in [9.17, 15) is 17.6 Å². The van der Waals surface area contributed by atoms with Gasteiger partial charge in [0.05, 0.1) is 4.90 Å². The van der Waals surface area contributed by atoms with Gasteiger partial charge in [0.15, 0.2) is 0 Å². The van der Waals surface area contributed by atoms with Crippen LogP contribution >= 0.6 is 0 Å². The van der Waals surface area contributed by atoms with Gasteiger partial charge in [0, 0.05) is 26.2 Å². The lowest BCUT2D eigenvalue weighted by Gasteiger charge is -2.14. The summed E-state index contributed by atoms with van der Waals surface area (Å²) in [5.41, 5.74) is 2.10. The minimum atomic E-state index is -3.62. The van der Waals surface area contributed by atoms with Crippen LogP contribution in [0.2, 0.25) is 0 Å². The molecule has 0 fully saturated rings. The quantitative estimate of drug-likeness (QED) is 0.887. The maximum absolute atomic E-state index is 13.6. The van der Waals surface area contributed by atoms with E-state index in [4.69, 9.17) is 0 Å². The second-order valence-corrected chi connectivity index (χ2v) is 8.18. The first kappa shape index (κ1) is 19.1. The molecular weight excluding hydrogens is 343 g/mol. The number of hydrogen-bond acceptors (Lipinski definition) is 3. The predicted molar refractivity (Wildman–Crippen MR) is 94.4 cm³/mol. The van der Waals surface area contributed by atoms with Crippen molar-refractivity contribution in [2.45, 2.75) is 25.3 Å². The summed E-state index contributed by atoms with van der Waals surface area (Å²) in [6, 6.07) is 9.17. The lowest BCUT2D eigenvalue weighted by atomic mass is 10.1. The molecule has 2 rings (SSSR count). The summed E-state index contributed by atoms with van der Waals surface area (Å²) in [5.74, 6) is -0.740. The average Bonchev–Trinajstić information content (AvgIpc) is 2.55. The molecule has 25 heavy (non-hydrogen) atoms. The van der Waals surface area contributed by atoms with Gasteiger partial charge in [-0.25, -0.2) is 17.1 Å². The van der Waals surface area contributed by atoms with E-state index in [2.05, 4.69) is 5.32 Å². The van der Waals surface area contributed by atoms with Crippen LogP contribution < -0.4 is 5.32 Å². The Kier molecular flexibility index (Phi) is 5.59. The van der Waals surface area contributed by atoms with Crippen LogP contribution in [-0.4, -0.2) is 32.7 Å². The number of amides is 1. The normalized spacial score (nSPS) is 11.6. The highest BCUT2D eigenvalue weighted by Crippen LogP contribution is 2.18. The number of halogens is 1. The largest absolute Gasteiger partial charge is 0.348 e. The molecule has 0 radical (unpaired) electrons. The lowest BCUT2D eigenvalue weighted by Crippen LogP contribution is -2.25. The summed E-state index contributed by atoms with van der Waals surface area (Å²) in [4.78, 5) is 12.5. The summed E-state index contributed by atoms with van der Waals surface area (Å²) in [6.45, 7) is 3.55. The van der Waals surface area contributed by atoms with Crippen molar-refractivity contribution in [2.75, 3.05) is 14.1 Å². The van der Waals surface area contributed by atoms with Crippen molar-refractivity contribution in [1.29, 1.82) is 0 Å². The van der Waals surface area contributed by atoms with Crippen LogP contribution in [0.3, 0.4) is 0 Å². The first-order chi connectivity index (χ1) is 11.6. The minimum absolute atomic E-state index is 0.0506. The van der Waals surface area contributed by atoms with E-state index >= 15 is 0 Å². The molecule has 0 aliphatic rings. The highest BCUT2D eigenvalue weighted by Gasteiger charge is 2.20. The van der Waals surface area contributed by atoms with Gasteiger partial charge in [-0.2, -0.15) is 0 Å². The third-order valence-corrected chi connectivity index (χ3v) is 5.73. The van der Waals surface area contributed by atoms with Gasteiger partial charge in [0.2, 0.25) is 10.0 Å². The molecule has 7 heteroatoms. The molecule has 0 unspecified atom stereocenters. The van der Waals surface area contributed by atoms with Crippen LogP contribution in [0.1, 0.15) is 27.0 Å². The van der Waals surface area contributed by atoms with E-state index in [1.165, 1.54) is 32.3 Å². The number of rotatable bonds is 5. The van der Waals surface area contributed by atoms with Crippen LogP contribution in [0.15, 0.2) is 41.3 Å². The Labute approximate surface area is 147 Å². The number of aryl methyl sites for hydroxylation is 2. The summed E-state index contributed by atoms with van der Waals surface area (Å²) in [6.07, 6.45) is 0. The van der Waals surface area contributed by atoms with Gasteiger partial charge in [-0.05, 0) is 48.7 Å². The van der Waals surface area contributed by atoms with Crippen molar-refractivity contribution < 1.29 is 17.6 Å². The molecule has 0 heterocycles. The van der Waals surface area contributed by atoms with E-state index in [0.29, 0.717) is 16.7 Å². The average molecular weight is 364 g/mol. The molecule has 0 saturated heterocycles. The number of hydrogen-bond donors (Lipinski definition) is 1. The van der Waals surface area contributed by atoms with Gasteiger partial charge in [-0.1, -0.05) is 18.2 Å². The number of carbonyl (C=O) groups is 1. The minimum Gasteiger partial charge on any atom is -0.348 e. The lowest BCUT2D eigenvalue weighted by molar-refractivity contribution is 0.0950. The van der Waals surface area contributed by atoms with Crippen molar-refractivity contribution in [3.05, 3.63) is 64.5 Å². The predicted octanol–water partition coefficient (Wildman–Crippen LogP) is 2.62. The fourth-order valence-electron chi connectivity index (χ4n) is 2.24. The Balaban J connectivity index is 2.22. The van der Waals surface area contributed by atoms with Gasteiger partial charge in [0.25, 0.3) is 5.91 Å². The van der Waals surface area contributed by atoms with Gasteiger partial charge in [-0.15, -0.1) is 0 Å². The van der Waals surface area contributed by atoms with Crippen LogP contribution in [-0.2, 0) is 16.6 Å². The zero-order chi connectivity index (χ0) is 18.8. The maximum Gasteiger partial charge on any atom is 0.251 e.